The van der Waals surface area contributed by atoms with E-state index < -0.39 is 29.4 Å². The quantitative estimate of drug-likeness (QED) is 0.225. The first-order valence-corrected chi connectivity index (χ1v) is 11.6. The maximum absolute atomic E-state index is 14.3. The van der Waals surface area contributed by atoms with Gasteiger partial charge in [0, 0.05) is 16.5 Å². The zero-order chi connectivity index (χ0) is 23.4. The highest BCUT2D eigenvalue weighted by Crippen LogP contribution is 2.45. The maximum atomic E-state index is 14.3. The second-order valence-corrected chi connectivity index (χ2v) is 9.70. The molecule has 0 spiro atoms. The Balaban J connectivity index is 1.72. The molecule has 1 aliphatic heterocycles. The molecule has 0 saturated carbocycles. The number of thiophene rings is 1. The summed E-state index contributed by atoms with van der Waals surface area (Å²) in [7, 11) is 0. The van der Waals surface area contributed by atoms with E-state index in [-0.39, 0.29) is 26.7 Å². The Kier molecular flexibility index (Phi) is 5.10. The van der Waals surface area contributed by atoms with E-state index in [1.54, 1.807) is 29.6 Å². The van der Waals surface area contributed by atoms with E-state index in [2.05, 4.69) is 4.98 Å². The zero-order valence-electron chi connectivity index (χ0n) is 17.4. The average Bonchev–Trinajstić information content (AvgIpc) is 3.49. The van der Waals surface area contributed by atoms with Crippen LogP contribution in [-0.2, 0) is 9.59 Å². The molecule has 5 nitrogen and oxygen atoms in total. The van der Waals surface area contributed by atoms with E-state index in [1.165, 1.54) is 11.3 Å². The van der Waals surface area contributed by atoms with Gasteiger partial charge in [0.15, 0.2) is 10.9 Å². The maximum Gasteiger partial charge on any atom is 0.301 e. The predicted molar refractivity (Wildman–Crippen MR) is 125 cm³/mol. The van der Waals surface area contributed by atoms with Gasteiger partial charge in [-0.05, 0) is 48.6 Å². The van der Waals surface area contributed by atoms with Crippen LogP contribution in [-0.4, -0.2) is 21.8 Å². The number of fused-ring (bicyclic) bond motifs is 1. The number of aryl methyl sites for hydroxylation is 2. The first kappa shape index (κ1) is 21.4. The SMILES string of the molecule is Cc1ccc(/C(O)=C2\C(=O)C(=O)N(c3nc4c(F)cc(F)cc4s3)C2c2cccs2)cc1C. The largest absolute Gasteiger partial charge is 0.507 e. The van der Waals surface area contributed by atoms with Crippen LogP contribution in [0.25, 0.3) is 16.0 Å². The lowest BCUT2D eigenvalue weighted by Gasteiger charge is -2.21. The Bertz CT molecular complexity index is 1470. The molecule has 1 aliphatic rings. The Hall–Kier alpha value is -3.43. The van der Waals surface area contributed by atoms with Crippen molar-refractivity contribution in [1.82, 2.24) is 4.98 Å². The van der Waals surface area contributed by atoms with Gasteiger partial charge in [-0.2, -0.15) is 0 Å². The number of halogens is 2. The van der Waals surface area contributed by atoms with Crippen molar-refractivity contribution in [3.63, 3.8) is 0 Å². The van der Waals surface area contributed by atoms with Gasteiger partial charge in [0.1, 0.15) is 23.1 Å². The summed E-state index contributed by atoms with van der Waals surface area (Å²) in [4.78, 5) is 32.3. The van der Waals surface area contributed by atoms with E-state index in [9.17, 15) is 23.5 Å². The molecule has 3 heterocycles. The summed E-state index contributed by atoms with van der Waals surface area (Å²) in [5.74, 6) is -3.67. The summed E-state index contributed by atoms with van der Waals surface area (Å²) in [6, 6.07) is 9.68. The van der Waals surface area contributed by atoms with E-state index in [4.69, 9.17) is 0 Å². The van der Waals surface area contributed by atoms with Crippen molar-refractivity contribution in [2.24, 2.45) is 0 Å². The zero-order valence-corrected chi connectivity index (χ0v) is 19.1. The first-order chi connectivity index (χ1) is 15.8. The second-order valence-electron chi connectivity index (χ2n) is 7.71. The van der Waals surface area contributed by atoms with Crippen molar-refractivity contribution < 1.29 is 23.5 Å². The summed E-state index contributed by atoms with van der Waals surface area (Å²) in [5, 5.41) is 13.0. The van der Waals surface area contributed by atoms with Gasteiger partial charge in [-0.1, -0.05) is 29.5 Å². The summed E-state index contributed by atoms with van der Waals surface area (Å²) >= 11 is 2.21. The van der Waals surface area contributed by atoms with Crippen molar-refractivity contribution in [3.05, 3.63) is 86.6 Å². The molecular formula is C24H16F2N2O3S2. The van der Waals surface area contributed by atoms with Crippen molar-refractivity contribution in [2.75, 3.05) is 4.90 Å². The number of nitrogens with zero attached hydrogens (tertiary/aromatic N) is 2. The van der Waals surface area contributed by atoms with Crippen LogP contribution >= 0.6 is 22.7 Å². The molecule has 1 N–H and O–H groups in total. The standard InChI is InChI=1S/C24H16F2N2O3S2/c1-11-5-6-13(8-12(11)2)21(29)18-20(16-4-3-7-32-16)28(23(31)22(18)30)24-27-19-15(26)9-14(25)10-17(19)33-24/h3-10,20,29H,1-2H3/b21-18+. The lowest BCUT2D eigenvalue weighted by molar-refractivity contribution is -0.132. The fourth-order valence-corrected chi connectivity index (χ4v) is 5.69. The first-order valence-electron chi connectivity index (χ1n) is 9.94. The monoisotopic (exact) mass is 482 g/mol. The van der Waals surface area contributed by atoms with Crippen LogP contribution in [0.15, 0.2) is 53.4 Å². The molecule has 4 aromatic rings. The number of aliphatic hydroxyl groups excluding tert-OH is 1. The fraction of sp³-hybridized carbons (Fsp3) is 0.125. The molecule has 0 bridgehead atoms. The Morgan fingerprint density at radius 1 is 1.09 bits per heavy atom. The van der Waals surface area contributed by atoms with E-state index in [1.807, 2.05) is 19.9 Å². The lowest BCUT2D eigenvalue weighted by Crippen LogP contribution is -2.28. The van der Waals surface area contributed by atoms with E-state index >= 15 is 0 Å². The molecule has 1 unspecified atom stereocenters. The molecule has 33 heavy (non-hydrogen) atoms. The molecule has 2 aromatic heterocycles. The molecule has 166 valence electrons. The molecule has 2 aromatic carbocycles. The van der Waals surface area contributed by atoms with Crippen LogP contribution in [0.2, 0.25) is 0 Å². The topological polar surface area (TPSA) is 70.5 Å². The number of anilines is 1. The molecular weight excluding hydrogens is 466 g/mol. The number of carbonyl (C=O) groups is 2. The number of Topliss-reactive ketones (excluding diaryl/α,β-unsaturated/α-hetero) is 1. The number of hydrogen-bond donors (Lipinski definition) is 1. The van der Waals surface area contributed by atoms with Crippen molar-refractivity contribution in [3.8, 4) is 0 Å². The van der Waals surface area contributed by atoms with E-state index in [0.29, 0.717) is 10.4 Å². The van der Waals surface area contributed by atoms with Crippen LogP contribution in [0.1, 0.15) is 27.6 Å². The smallest absolute Gasteiger partial charge is 0.301 e. The number of amides is 1. The van der Waals surface area contributed by atoms with Gasteiger partial charge >= 0.3 is 5.91 Å². The van der Waals surface area contributed by atoms with Crippen LogP contribution in [0.4, 0.5) is 13.9 Å². The highest BCUT2D eigenvalue weighted by Gasteiger charge is 2.48. The minimum Gasteiger partial charge on any atom is -0.507 e. The third-order valence-electron chi connectivity index (χ3n) is 5.65. The number of benzene rings is 2. The molecule has 1 saturated heterocycles. The number of thiazole rings is 1. The Morgan fingerprint density at radius 2 is 1.88 bits per heavy atom. The summed E-state index contributed by atoms with van der Waals surface area (Å²) in [5.41, 5.74) is 2.19. The number of aromatic nitrogens is 1. The van der Waals surface area contributed by atoms with Gasteiger partial charge in [-0.3, -0.25) is 14.5 Å². The van der Waals surface area contributed by atoms with Crippen LogP contribution in [0.5, 0.6) is 0 Å². The van der Waals surface area contributed by atoms with Crippen molar-refractivity contribution in [1.29, 1.82) is 0 Å². The highest BCUT2D eigenvalue weighted by molar-refractivity contribution is 7.22. The lowest BCUT2D eigenvalue weighted by atomic mass is 9.98. The highest BCUT2D eigenvalue weighted by atomic mass is 32.1. The third-order valence-corrected chi connectivity index (χ3v) is 7.57. The number of rotatable bonds is 3. The van der Waals surface area contributed by atoms with Crippen LogP contribution in [0, 0.1) is 25.5 Å². The Morgan fingerprint density at radius 3 is 2.58 bits per heavy atom. The predicted octanol–water partition coefficient (Wildman–Crippen LogP) is 5.88. The fourth-order valence-electron chi connectivity index (χ4n) is 3.84. The number of carbonyl (C=O) groups excluding carboxylic acids is 2. The molecule has 1 amide bonds. The summed E-state index contributed by atoms with van der Waals surface area (Å²) < 4.78 is 28.2. The minimum absolute atomic E-state index is 0.0501. The van der Waals surface area contributed by atoms with E-state index in [0.717, 1.165) is 39.5 Å². The van der Waals surface area contributed by atoms with Gasteiger partial charge in [-0.15, -0.1) is 11.3 Å². The molecule has 0 radical (unpaired) electrons. The van der Waals surface area contributed by atoms with Crippen molar-refractivity contribution >= 4 is 55.5 Å². The minimum atomic E-state index is -0.944. The second kappa shape index (κ2) is 7.86. The summed E-state index contributed by atoms with van der Waals surface area (Å²) in [6.45, 7) is 3.81. The van der Waals surface area contributed by atoms with Gasteiger partial charge in [0.25, 0.3) is 5.78 Å². The summed E-state index contributed by atoms with van der Waals surface area (Å²) in [6.07, 6.45) is 0. The third kappa shape index (κ3) is 3.44. The van der Waals surface area contributed by atoms with Gasteiger partial charge in [0.2, 0.25) is 0 Å². The van der Waals surface area contributed by atoms with Gasteiger partial charge < -0.3 is 5.11 Å². The van der Waals surface area contributed by atoms with Crippen LogP contribution < -0.4 is 4.90 Å². The van der Waals surface area contributed by atoms with Crippen molar-refractivity contribution in [2.45, 2.75) is 19.9 Å². The molecule has 1 fully saturated rings. The normalized spacial score (nSPS) is 17.9. The number of ketones is 1. The average molecular weight is 483 g/mol. The number of aliphatic hydroxyl groups is 1. The molecule has 0 aliphatic carbocycles. The molecule has 5 rings (SSSR count). The Labute approximate surface area is 195 Å². The molecule has 9 heteroatoms. The molecule has 1 atom stereocenters. The van der Waals surface area contributed by atoms with Crippen LogP contribution in [0.3, 0.4) is 0 Å². The number of hydrogen-bond acceptors (Lipinski definition) is 6. The van der Waals surface area contributed by atoms with Gasteiger partial charge in [-0.25, -0.2) is 13.8 Å². The van der Waals surface area contributed by atoms with Gasteiger partial charge in [0.05, 0.1) is 10.3 Å².